The van der Waals surface area contributed by atoms with E-state index in [2.05, 4.69) is 4.74 Å². The molecule has 68 valence electrons. The monoisotopic (exact) mass is 186 g/mol. The van der Waals surface area contributed by atoms with Crippen molar-refractivity contribution in [1.29, 1.82) is 0 Å². The molecule has 0 spiro atoms. The number of hydrogen-bond donors (Lipinski definition) is 4. The number of aliphatic hydroxyl groups excluding tert-OH is 2. The highest BCUT2D eigenvalue weighted by molar-refractivity contribution is 7.51. The van der Waals surface area contributed by atoms with Gasteiger partial charge in [0, 0.05) is 0 Å². The van der Waals surface area contributed by atoms with Crippen molar-refractivity contribution < 1.29 is 29.3 Å². The first-order chi connectivity index (χ1) is 4.95. The van der Waals surface area contributed by atoms with Crippen LogP contribution in [0.3, 0.4) is 0 Å². The molecule has 0 heterocycles. The fourth-order valence-electron chi connectivity index (χ4n) is 0.360. The Morgan fingerprint density at radius 2 is 2.00 bits per heavy atom. The third-order valence-corrected chi connectivity index (χ3v) is 1.30. The molecule has 0 radical (unpaired) electrons. The van der Waals surface area contributed by atoms with Gasteiger partial charge in [-0.05, 0) is 0 Å². The van der Waals surface area contributed by atoms with Gasteiger partial charge < -0.3 is 24.7 Å². The second-order valence-corrected chi connectivity index (χ2v) is 3.59. The van der Waals surface area contributed by atoms with E-state index in [1.54, 1.807) is 0 Å². The van der Waals surface area contributed by atoms with Crippen LogP contribution in [0.25, 0.3) is 0 Å². The Hall–Kier alpha value is 0.0300. The fourth-order valence-corrected chi connectivity index (χ4v) is 0.704. The summed E-state index contributed by atoms with van der Waals surface area (Å²) in [6.45, 7) is -0.761. The smallest absolute Gasteiger partial charge is 0.350 e. The summed E-state index contributed by atoms with van der Waals surface area (Å²) in [5.41, 5.74) is 0. The summed E-state index contributed by atoms with van der Waals surface area (Å²) in [5.74, 6) is 0. The van der Waals surface area contributed by atoms with Crippen LogP contribution in [0.4, 0.5) is 0 Å². The summed E-state index contributed by atoms with van der Waals surface area (Å²) in [6, 6.07) is 0. The van der Waals surface area contributed by atoms with Crippen molar-refractivity contribution in [3.8, 4) is 0 Å². The van der Waals surface area contributed by atoms with Gasteiger partial charge in [-0.1, -0.05) is 0 Å². The molecule has 4 N–H and O–H groups in total. The molecule has 0 amide bonds. The topological polar surface area (TPSA) is 107 Å². The van der Waals surface area contributed by atoms with Crippen LogP contribution in [0.2, 0.25) is 0 Å². The molecular weight excluding hydrogens is 175 g/mol. The Labute approximate surface area is 63.6 Å². The molecule has 7 heteroatoms. The Kier molecular flexibility index (Phi) is 4.83. The minimum Gasteiger partial charge on any atom is -0.394 e. The summed E-state index contributed by atoms with van der Waals surface area (Å²) in [6.07, 6.45) is -1.81. The van der Waals surface area contributed by atoms with Gasteiger partial charge in [0.1, 0.15) is 12.5 Å². The van der Waals surface area contributed by atoms with Gasteiger partial charge in [0.25, 0.3) is 0 Å². The highest BCUT2D eigenvalue weighted by Gasteiger charge is 2.13. The third-order valence-electron chi connectivity index (χ3n) is 0.780. The van der Waals surface area contributed by atoms with Crippen molar-refractivity contribution >= 4 is 7.60 Å². The first-order valence-electron chi connectivity index (χ1n) is 2.87. The van der Waals surface area contributed by atoms with E-state index in [0.717, 1.165) is 0 Å². The average Bonchev–Trinajstić information content (AvgIpc) is 1.85. The molecule has 0 aromatic heterocycles. The van der Waals surface area contributed by atoms with E-state index in [0.29, 0.717) is 0 Å². The summed E-state index contributed by atoms with van der Waals surface area (Å²) in [7, 11) is -4.15. The second kappa shape index (κ2) is 4.82. The zero-order chi connectivity index (χ0) is 8.91. The van der Waals surface area contributed by atoms with Crippen LogP contribution in [-0.4, -0.2) is 45.7 Å². The summed E-state index contributed by atoms with van der Waals surface area (Å²) in [5, 5.41) is 16.9. The maximum atomic E-state index is 10.1. The van der Waals surface area contributed by atoms with E-state index in [4.69, 9.17) is 20.0 Å². The minimum atomic E-state index is -4.15. The molecule has 6 nitrogen and oxygen atoms in total. The van der Waals surface area contributed by atoms with E-state index >= 15 is 0 Å². The third kappa shape index (κ3) is 7.93. The van der Waals surface area contributed by atoms with E-state index < -0.39 is 26.7 Å². The van der Waals surface area contributed by atoms with Gasteiger partial charge in [-0.25, -0.2) is 0 Å². The van der Waals surface area contributed by atoms with Crippen LogP contribution in [0.1, 0.15) is 0 Å². The maximum Gasteiger partial charge on any atom is 0.350 e. The Balaban J connectivity index is 3.35. The van der Waals surface area contributed by atoms with Crippen molar-refractivity contribution in [2.24, 2.45) is 0 Å². The molecule has 0 aromatic rings. The van der Waals surface area contributed by atoms with Crippen LogP contribution >= 0.6 is 7.60 Å². The van der Waals surface area contributed by atoms with E-state index in [9.17, 15) is 4.57 Å². The quantitative estimate of drug-likeness (QED) is 0.389. The lowest BCUT2D eigenvalue weighted by atomic mass is 10.4. The van der Waals surface area contributed by atoms with Gasteiger partial charge in [-0.3, -0.25) is 4.57 Å². The molecular formula is C4H11O6P. The number of aliphatic hydroxyl groups is 2. The van der Waals surface area contributed by atoms with E-state index in [1.165, 1.54) is 0 Å². The van der Waals surface area contributed by atoms with Crippen molar-refractivity contribution in [1.82, 2.24) is 0 Å². The standard InChI is InChI=1S/C4H11O6P/c5-1-4(6)2-10-3-11(7,8)9/h4-6H,1-3H2,(H2,7,8,9). The van der Waals surface area contributed by atoms with Gasteiger partial charge in [0.15, 0.2) is 0 Å². The molecule has 0 aliphatic rings. The van der Waals surface area contributed by atoms with Gasteiger partial charge in [-0.2, -0.15) is 0 Å². The minimum absolute atomic E-state index is 0.276. The second-order valence-electron chi connectivity index (χ2n) is 2.00. The maximum absolute atomic E-state index is 10.1. The molecule has 0 aromatic carbocycles. The average molecular weight is 186 g/mol. The lowest BCUT2D eigenvalue weighted by molar-refractivity contribution is 0.0161. The van der Waals surface area contributed by atoms with Crippen molar-refractivity contribution in [3.05, 3.63) is 0 Å². The van der Waals surface area contributed by atoms with Crippen molar-refractivity contribution in [2.75, 3.05) is 19.6 Å². The Morgan fingerprint density at radius 1 is 1.45 bits per heavy atom. The van der Waals surface area contributed by atoms with Crippen LogP contribution in [0, 0.1) is 0 Å². The predicted molar refractivity (Wildman–Crippen MR) is 36.0 cm³/mol. The van der Waals surface area contributed by atoms with Gasteiger partial charge in [-0.15, -0.1) is 0 Å². The first-order valence-corrected chi connectivity index (χ1v) is 4.66. The SMILES string of the molecule is O=P(O)(O)COCC(O)CO. The molecule has 11 heavy (non-hydrogen) atoms. The van der Waals surface area contributed by atoms with Crippen molar-refractivity contribution in [2.45, 2.75) is 6.10 Å². The van der Waals surface area contributed by atoms with E-state index in [-0.39, 0.29) is 6.61 Å². The largest absolute Gasteiger partial charge is 0.394 e. The van der Waals surface area contributed by atoms with Crippen molar-refractivity contribution in [3.63, 3.8) is 0 Å². The Bertz CT molecular complexity index is 142. The van der Waals surface area contributed by atoms with Gasteiger partial charge >= 0.3 is 7.60 Å². The molecule has 1 unspecified atom stereocenters. The summed E-state index contributed by atoms with van der Waals surface area (Å²) in [4.78, 5) is 16.5. The first kappa shape index (κ1) is 11.0. The molecule has 0 saturated carbocycles. The highest BCUT2D eigenvalue weighted by Crippen LogP contribution is 2.33. The lowest BCUT2D eigenvalue weighted by Gasteiger charge is -2.08. The number of rotatable bonds is 5. The molecule has 0 fully saturated rings. The van der Waals surface area contributed by atoms with Gasteiger partial charge in [0.05, 0.1) is 13.2 Å². The molecule has 0 saturated heterocycles. The highest BCUT2D eigenvalue weighted by atomic mass is 31.2. The lowest BCUT2D eigenvalue weighted by Crippen LogP contribution is -2.19. The summed E-state index contributed by atoms with van der Waals surface area (Å²) < 4.78 is 14.5. The number of hydrogen-bond acceptors (Lipinski definition) is 4. The van der Waals surface area contributed by atoms with Crippen LogP contribution in [0.15, 0.2) is 0 Å². The summed E-state index contributed by atoms with van der Waals surface area (Å²) >= 11 is 0. The van der Waals surface area contributed by atoms with Crippen LogP contribution in [-0.2, 0) is 9.30 Å². The predicted octanol–water partition coefficient (Wildman–Crippen LogP) is -1.51. The molecule has 0 bridgehead atoms. The Morgan fingerprint density at radius 3 is 2.36 bits per heavy atom. The zero-order valence-corrected chi connectivity index (χ0v) is 6.65. The van der Waals surface area contributed by atoms with Crippen LogP contribution in [0.5, 0.6) is 0 Å². The van der Waals surface area contributed by atoms with E-state index in [1.807, 2.05) is 0 Å². The normalized spacial score (nSPS) is 14.9. The molecule has 1 atom stereocenters. The molecule has 0 aliphatic heterocycles. The number of ether oxygens (including phenoxy) is 1. The van der Waals surface area contributed by atoms with Crippen LogP contribution < -0.4 is 0 Å². The van der Waals surface area contributed by atoms with Gasteiger partial charge in [0.2, 0.25) is 0 Å². The molecule has 0 rings (SSSR count). The zero-order valence-electron chi connectivity index (χ0n) is 5.75. The molecule has 0 aliphatic carbocycles. The fraction of sp³-hybridized carbons (Fsp3) is 1.00.